The van der Waals surface area contributed by atoms with E-state index in [0.717, 1.165) is 6.42 Å². The number of aromatic nitrogens is 2. The zero-order valence-electron chi connectivity index (χ0n) is 13.0. The molecule has 0 aliphatic rings. The van der Waals surface area contributed by atoms with E-state index in [0.29, 0.717) is 22.4 Å². The molecule has 0 N–H and O–H groups in total. The Kier molecular flexibility index (Phi) is 4.10. The second kappa shape index (κ2) is 6.20. The highest BCUT2D eigenvalue weighted by atomic mass is 19.1. The third kappa shape index (κ3) is 3.08. The second-order valence-electron chi connectivity index (χ2n) is 5.45. The van der Waals surface area contributed by atoms with Crippen LogP contribution in [0.25, 0.3) is 10.9 Å². The SMILES string of the molecule is CCC(C)n1cnc2ccc(Oc3cccc(F)c3)cc2c1=O. The number of hydrogen-bond acceptors (Lipinski definition) is 3. The van der Waals surface area contributed by atoms with E-state index >= 15 is 0 Å². The van der Waals surface area contributed by atoms with Crippen LogP contribution in [-0.4, -0.2) is 9.55 Å². The molecule has 0 radical (unpaired) electrons. The van der Waals surface area contributed by atoms with Gasteiger partial charge in [0.1, 0.15) is 17.3 Å². The molecule has 1 atom stereocenters. The van der Waals surface area contributed by atoms with Gasteiger partial charge in [-0.25, -0.2) is 9.37 Å². The lowest BCUT2D eigenvalue weighted by molar-refractivity contribution is 0.477. The average Bonchev–Trinajstić information content (AvgIpc) is 2.55. The van der Waals surface area contributed by atoms with Gasteiger partial charge in [0.2, 0.25) is 0 Å². The maximum atomic E-state index is 13.2. The molecule has 0 aliphatic heterocycles. The fourth-order valence-corrected chi connectivity index (χ4v) is 2.36. The average molecular weight is 312 g/mol. The normalized spacial score (nSPS) is 12.3. The lowest BCUT2D eigenvalue weighted by Crippen LogP contribution is -2.23. The Balaban J connectivity index is 2.03. The van der Waals surface area contributed by atoms with Crippen LogP contribution in [0.1, 0.15) is 26.3 Å². The predicted molar refractivity (Wildman–Crippen MR) is 87.5 cm³/mol. The van der Waals surface area contributed by atoms with Crippen LogP contribution in [0.15, 0.2) is 53.6 Å². The van der Waals surface area contributed by atoms with E-state index < -0.39 is 0 Å². The topological polar surface area (TPSA) is 44.1 Å². The molecule has 2 aromatic carbocycles. The minimum absolute atomic E-state index is 0.0761. The maximum absolute atomic E-state index is 13.2. The molecule has 5 heteroatoms. The molecule has 0 amide bonds. The van der Waals surface area contributed by atoms with Crippen molar-refractivity contribution < 1.29 is 9.13 Å². The van der Waals surface area contributed by atoms with Crippen LogP contribution in [0.4, 0.5) is 4.39 Å². The zero-order chi connectivity index (χ0) is 16.4. The van der Waals surface area contributed by atoms with Crippen LogP contribution in [0.5, 0.6) is 11.5 Å². The molecular weight excluding hydrogens is 295 g/mol. The van der Waals surface area contributed by atoms with E-state index in [1.54, 1.807) is 41.2 Å². The third-order valence-corrected chi connectivity index (χ3v) is 3.85. The van der Waals surface area contributed by atoms with Gasteiger partial charge in [-0.05, 0) is 43.7 Å². The second-order valence-corrected chi connectivity index (χ2v) is 5.45. The smallest absolute Gasteiger partial charge is 0.261 e. The number of hydrogen-bond donors (Lipinski definition) is 0. The third-order valence-electron chi connectivity index (χ3n) is 3.85. The first-order valence-electron chi connectivity index (χ1n) is 7.53. The summed E-state index contributed by atoms with van der Waals surface area (Å²) in [5.74, 6) is 0.489. The Morgan fingerprint density at radius 3 is 2.74 bits per heavy atom. The maximum Gasteiger partial charge on any atom is 0.261 e. The lowest BCUT2D eigenvalue weighted by Gasteiger charge is -2.13. The summed E-state index contributed by atoms with van der Waals surface area (Å²) >= 11 is 0. The zero-order valence-corrected chi connectivity index (χ0v) is 13.0. The summed E-state index contributed by atoms with van der Waals surface area (Å²) in [6, 6.07) is 11.0. The Morgan fingerprint density at radius 1 is 1.22 bits per heavy atom. The van der Waals surface area contributed by atoms with Gasteiger partial charge in [-0.3, -0.25) is 9.36 Å². The monoisotopic (exact) mass is 312 g/mol. The molecule has 0 fully saturated rings. The van der Waals surface area contributed by atoms with Gasteiger partial charge in [0.15, 0.2) is 0 Å². The van der Waals surface area contributed by atoms with E-state index in [-0.39, 0.29) is 17.4 Å². The van der Waals surface area contributed by atoms with Gasteiger partial charge in [0.25, 0.3) is 5.56 Å². The van der Waals surface area contributed by atoms with Crippen molar-refractivity contribution in [3.63, 3.8) is 0 Å². The lowest BCUT2D eigenvalue weighted by atomic mass is 10.2. The van der Waals surface area contributed by atoms with Crippen LogP contribution < -0.4 is 10.3 Å². The van der Waals surface area contributed by atoms with Gasteiger partial charge in [-0.2, -0.15) is 0 Å². The van der Waals surface area contributed by atoms with Crippen LogP contribution in [0.3, 0.4) is 0 Å². The number of halogens is 1. The molecule has 4 nitrogen and oxygen atoms in total. The van der Waals surface area contributed by atoms with Gasteiger partial charge in [-0.1, -0.05) is 13.0 Å². The summed E-state index contributed by atoms with van der Waals surface area (Å²) in [5, 5.41) is 0.488. The first-order chi connectivity index (χ1) is 11.1. The van der Waals surface area contributed by atoms with Crippen molar-refractivity contribution in [3.8, 4) is 11.5 Å². The van der Waals surface area contributed by atoms with Gasteiger partial charge in [0.05, 0.1) is 17.2 Å². The molecule has 3 rings (SSSR count). The van der Waals surface area contributed by atoms with Crippen LogP contribution in [0.2, 0.25) is 0 Å². The molecule has 0 bridgehead atoms. The molecule has 1 aromatic heterocycles. The minimum atomic E-state index is -0.371. The summed E-state index contributed by atoms with van der Waals surface area (Å²) in [6.45, 7) is 3.99. The number of benzene rings is 2. The molecule has 0 spiro atoms. The van der Waals surface area contributed by atoms with Crippen molar-refractivity contribution in [1.29, 1.82) is 0 Å². The van der Waals surface area contributed by atoms with E-state index in [4.69, 9.17) is 4.74 Å². The number of fused-ring (bicyclic) bond motifs is 1. The molecule has 0 saturated heterocycles. The molecule has 1 unspecified atom stereocenters. The summed E-state index contributed by atoms with van der Waals surface area (Å²) in [5.41, 5.74) is 0.509. The number of ether oxygens (including phenoxy) is 1. The summed E-state index contributed by atoms with van der Waals surface area (Å²) < 4.78 is 20.5. The van der Waals surface area contributed by atoms with Crippen molar-refractivity contribution >= 4 is 10.9 Å². The Hall–Kier alpha value is -2.69. The molecular formula is C18H17FN2O2. The summed E-state index contributed by atoms with van der Waals surface area (Å²) in [6.07, 6.45) is 2.42. The molecule has 0 aliphatic carbocycles. The van der Waals surface area contributed by atoms with Crippen LogP contribution in [-0.2, 0) is 0 Å². The quantitative estimate of drug-likeness (QED) is 0.721. The van der Waals surface area contributed by atoms with E-state index in [1.165, 1.54) is 12.1 Å². The highest BCUT2D eigenvalue weighted by molar-refractivity contribution is 5.79. The van der Waals surface area contributed by atoms with Crippen molar-refractivity contribution in [2.45, 2.75) is 26.3 Å². The first-order valence-corrected chi connectivity index (χ1v) is 7.53. The number of rotatable bonds is 4. The molecule has 23 heavy (non-hydrogen) atoms. The van der Waals surface area contributed by atoms with Crippen LogP contribution in [0, 0.1) is 5.82 Å². The first kappa shape index (κ1) is 15.2. The summed E-state index contributed by atoms with van der Waals surface area (Å²) in [7, 11) is 0. The summed E-state index contributed by atoms with van der Waals surface area (Å²) in [4.78, 5) is 16.9. The Morgan fingerprint density at radius 2 is 2.00 bits per heavy atom. The van der Waals surface area contributed by atoms with Crippen molar-refractivity contribution in [1.82, 2.24) is 9.55 Å². The minimum Gasteiger partial charge on any atom is -0.457 e. The van der Waals surface area contributed by atoms with Crippen molar-refractivity contribution in [2.75, 3.05) is 0 Å². The standard InChI is InChI=1S/C18H17FN2O2/c1-3-12(2)21-11-20-17-8-7-15(10-16(17)18(21)22)23-14-6-4-5-13(19)9-14/h4-12H,3H2,1-2H3. The van der Waals surface area contributed by atoms with E-state index in [2.05, 4.69) is 4.98 Å². The van der Waals surface area contributed by atoms with E-state index in [1.807, 2.05) is 13.8 Å². The highest BCUT2D eigenvalue weighted by Gasteiger charge is 2.10. The fraction of sp³-hybridized carbons (Fsp3) is 0.222. The Bertz CT molecular complexity index is 905. The van der Waals surface area contributed by atoms with Gasteiger partial charge in [-0.15, -0.1) is 0 Å². The van der Waals surface area contributed by atoms with Crippen LogP contribution >= 0.6 is 0 Å². The molecule has 118 valence electrons. The van der Waals surface area contributed by atoms with Gasteiger partial charge in [0, 0.05) is 12.1 Å². The Labute approximate surface area is 133 Å². The van der Waals surface area contributed by atoms with Gasteiger partial charge < -0.3 is 4.74 Å². The molecule has 1 heterocycles. The largest absolute Gasteiger partial charge is 0.457 e. The van der Waals surface area contributed by atoms with Crippen molar-refractivity contribution in [2.24, 2.45) is 0 Å². The predicted octanol–water partition coefficient (Wildman–Crippen LogP) is 4.30. The molecule has 0 saturated carbocycles. The van der Waals surface area contributed by atoms with E-state index in [9.17, 15) is 9.18 Å². The number of nitrogens with zero attached hydrogens (tertiary/aromatic N) is 2. The highest BCUT2D eigenvalue weighted by Crippen LogP contribution is 2.24. The van der Waals surface area contributed by atoms with Crippen molar-refractivity contribution in [3.05, 3.63) is 65.0 Å². The fourth-order valence-electron chi connectivity index (χ4n) is 2.36. The molecule has 3 aromatic rings. The van der Waals surface area contributed by atoms with Gasteiger partial charge >= 0.3 is 0 Å².